The molecule has 0 radical (unpaired) electrons. The molecule has 1 N–H and O–H groups in total. The van der Waals surface area contributed by atoms with Crippen LogP contribution < -0.4 is 4.74 Å². The Kier molecular flexibility index (Phi) is 4.20. The van der Waals surface area contributed by atoms with Gasteiger partial charge in [-0.05, 0) is 31.0 Å². The van der Waals surface area contributed by atoms with E-state index in [9.17, 15) is 9.90 Å². The highest BCUT2D eigenvalue weighted by molar-refractivity contribution is 5.79. The number of β-amino-alcohol motifs (C(OH)–C–C–N with tert-alkyl or cyclic N) is 1. The van der Waals surface area contributed by atoms with Gasteiger partial charge in [0.25, 0.3) is 0 Å². The zero-order valence-electron chi connectivity index (χ0n) is 10.6. The maximum Gasteiger partial charge on any atom is 0.225 e. The van der Waals surface area contributed by atoms with Crippen molar-refractivity contribution in [2.45, 2.75) is 25.9 Å². The number of aliphatic hydroxyl groups excluding tert-OH is 1. The lowest BCUT2D eigenvalue weighted by Gasteiger charge is -2.15. The molecule has 1 aromatic carbocycles. The monoisotopic (exact) mass is 249 g/mol. The lowest BCUT2D eigenvalue weighted by atomic mass is 10.1. The minimum absolute atomic E-state index is 0.0495. The van der Waals surface area contributed by atoms with Gasteiger partial charge in [-0.15, -0.1) is 0 Å². The zero-order chi connectivity index (χ0) is 13.0. The Hall–Kier alpha value is -1.55. The van der Waals surface area contributed by atoms with Crippen molar-refractivity contribution in [3.63, 3.8) is 0 Å². The van der Waals surface area contributed by atoms with Crippen LogP contribution in [0, 0.1) is 0 Å². The van der Waals surface area contributed by atoms with Crippen LogP contribution in [0.5, 0.6) is 5.75 Å². The number of ether oxygens (including phenoxy) is 1. The third kappa shape index (κ3) is 3.23. The Bertz CT molecular complexity index is 402. The van der Waals surface area contributed by atoms with Crippen molar-refractivity contribution in [1.29, 1.82) is 0 Å². The molecule has 1 unspecified atom stereocenters. The average molecular weight is 249 g/mol. The molecule has 0 bridgehead atoms. The first-order chi connectivity index (χ1) is 8.69. The van der Waals surface area contributed by atoms with Gasteiger partial charge in [0.1, 0.15) is 5.75 Å². The summed E-state index contributed by atoms with van der Waals surface area (Å²) in [6, 6.07) is 7.92. The van der Waals surface area contributed by atoms with E-state index in [0.717, 1.165) is 12.2 Å². The van der Waals surface area contributed by atoms with Gasteiger partial charge in [-0.1, -0.05) is 12.1 Å². The Morgan fingerprint density at radius 3 is 2.67 bits per heavy atom. The number of hydrogen-bond donors (Lipinski definition) is 1. The molecule has 1 aromatic rings. The van der Waals surface area contributed by atoms with Crippen molar-refractivity contribution in [1.82, 2.24) is 4.90 Å². The second-order valence-electron chi connectivity index (χ2n) is 4.52. The van der Waals surface area contributed by atoms with Crippen molar-refractivity contribution >= 4 is 5.91 Å². The molecule has 0 aromatic heterocycles. The Morgan fingerprint density at radius 1 is 1.39 bits per heavy atom. The van der Waals surface area contributed by atoms with Crippen molar-refractivity contribution < 1.29 is 14.6 Å². The minimum Gasteiger partial charge on any atom is -0.494 e. The molecule has 1 atom stereocenters. The van der Waals surface area contributed by atoms with Gasteiger partial charge in [0, 0.05) is 13.1 Å². The normalized spacial score (nSPS) is 19.3. The van der Waals surface area contributed by atoms with Crippen molar-refractivity contribution in [2.24, 2.45) is 0 Å². The summed E-state index contributed by atoms with van der Waals surface area (Å²) in [4.78, 5) is 13.2. The number of carbonyl (C=O) groups is 1. The first-order valence-electron chi connectivity index (χ1n) is 6.36. The van der Waals surface area contributed by atoms with Crippen molar-refractivity contribution in [3.05, 3.63) is 29.8 Å². The van der Waals surface area contributed by atoms with E-state index in [1.165, 1.54) is 5.56 Å². The summed E-state index contributed by atoms with van der Waals surface area (Å²) in [5.74, 6) is 0.919. The fourth-order valence-corrected chi connectivity index (χ4v) is 2.15. The zero-order valence-corrected chi connectivity index (χ0v) is 10.6. The third-order valence-corrected chi connectivity index (χ3v) is 3.10. The SMILES string of the molecule is CCOc1ccc(CCN2CC(O)CC2=O)cc1. The second kappa shape index (κ2) is 5.87. The molecule has 4 nitrogen and oxygen atoms in total. The average Bonchev–Trinajstić information content (AvgIpc) is 2.67. The molecule has 1 aliphatic heterocycles. The summed E-state index contributed by atoms with van der Waals surface area (Å²) in [6.45, 7) is 3.76. The van der Waals surface area contributed by atoms with Gasteiger partial charge in [-0.25, -0.2) is 0 Å². The van der Waals surface area contributed by atoms with Crippen LogP contribution >= 0.6 is 0 Å². The highest BCUT2D eigenvalue weighted by Gasteiger charge is 2.27. The number of rotatable bonds is 5. The smallest absolute Gasteiger partial charge is 0.225 e. The van der Waals surface area contributed by atoms with Crippen LogP contribution in [0.15, 0.2) is 24.3 Å². The van der Waals surface area contributed by atoms with E-state index in [4.69, 9.17) is 4.74 Å². The molecule has 1 aliphatic rings. The molecule has 2 rings (SSSR count). The van der Waals surface area contributed by atoms with Gasteiger partial charge < -0.3 is 14.7 Å². The molecular formula is C14H19NO3. The second-order valence-corrected chi connectivity index (χ2v) is 4.52. The first-order valence-corrected chi connectivity index (χ1v) is 6.36. The highest BCUT2D eigenvalue weighted by atomic mass is 16.5. The van der Waals surface area contributed by atoms with Crippen molar-refractivity contribution in [3.8, 4) is 5.75 Å². The van der Waals surface area contributed by atoms with Crippen LogP contribution in [0.25, 0.3) is 0 Å². The van der Waals surface area contributed by atoms with E-state index in [-0.39, 0.29) is 12.3 Å². The van der Waals surface area contributed by atoms with Gasteiger partial charge >= 0.3 is 0 Å². The number of benzene rings is 1. The summed E-state index contributed by atoms with van der Waals surface area (Å²) in [5.41, 5.74) is 1.17. The molecule has 18 heavy (non-hydrogen) atoms. The van der Waals surface area contributed by atoms with E-state index < -0.39 is 6.10 Å². The molecule has 0 aliphatic carbocycles. The molecule has 98 valence electrons. The quantitative estimate of drug-likeness (QED) is 0.853. The van der Waals surface area contributed by atoms with Crippen LogP contribution in [0.4, 0.5) is 0 Å². The predicted molar refractivity (Wildman–Crippen MR) is 68.5 cm³/mol. The Labute approximate surface area is 107 Å². The lowest BCUT2D eigenvalue weighted by Crippen LogP contribution is -2.28. The van der Waals surface area contributed by atoms with Crippen LogP contribution in [-0.2, 0) is 11.2 Å². The molecule has 4 heteroatoms. The van der Waals surface area contributed by atoms with Gasteiger partial charge in [0.05, 0.1) is 19.1 Å². The summed E-state index contributed by atoms with van der Waals surface area (Å²) >= 11 is 0. The number of carbonyl (C=O) groups excluding carboxylic acids is 1. The molecule has 0 saturated carbocycles. The van der Waals surface area contributed by atoms with E-state index in [0.29, 0.717) is 19.7 Å². The van der Waals surface area contributed by atoms with Crippen LogP contribution in [0.2, 0.25) is 0 Å². The molecule has 1 fully saturated rings. The largest absolute Gasteiger partial charge is 0.494 e. The maximum atomic E-state index is 11.5. The van der Waals surface area contributed by atoms with Crippen LogP contribution in [-0.4, -0.2) is 41.7 Å². The fourth-order valence-electron chi connectivity index (χ4n) is 2.15. The van der Waals surface area contributed by atoms with Gasteiger partial charge in [-0.3, -0.25) is 4.79 Å². The molecular weight excluding hydrogens is 230 g/mol. The Morgan fingerprint density at radius 2 is 2.11 bits per heavy atom. The lowest BCUT2D eigenvalue weighted by molar-refractivity contribution is -0.127. The van der Waals surface area contributed by atoms with E-state index in [2.05, 4.69) is 0 Å². The van der Waals surface area contributed by atoms with Gasteiger partial charge in [-0.2, -0.15) is 0 Å². The molecule has 1 saturated heterocycles. The number of hydrogen-bond acceptors (Lipinski definition) is 3. The van der Waals surface area contributed by atoms with Crippen molar-refractivity contribution in [2.75, 3.05) is 19.7 Å². The third-order valence-electron chi connectivity index (χ3n) is 3.10. The van der Waals surface area contributed by atoms with Crippen LogP contribution in [0.1, 0.15) is 18.9 Å². The highest BCUT2D eigenvalue weighted by Crippen LogP contribution is 2.15. The predicted octanol–water partition coefficient (Wildman–Crippen LogP) is 1.22. The van der Waals surface area contributed by atoms with Gasteiger partial charge in [0.2, 0.25) is 5.91 Å². The number of likely N-dealkylation sites (tertiary alicyclic amines) is 1. The number of nitrogens with zero attached hydrogens (tertiary/aromatic N) is 1. The van der Waals surface area contributed by atoms with E-state index >= 15 is 0 Å². The van der Waals surface area contributed by atoms with E-state index in [1.807, 2.05) is 31.2 Å². The topological polar surface area (TPSA) is 49.8 Å². The summed E-state index contributed by atoms with van der Waals surface area (Å²) < 4.78 is 5.37. The summed E-state index contributed by atoms with van der Waals surface area (Å²) in [5, 5.41) is 9.38. The first kappa shape index (κ1) is 12.9. The standard InChI is InChI=1S/C14H19NO3/c1-2-18-13-5-3-11(4-6-13)7-8-15-10-12(16)9-14(15)17/h3-6,12,16H,2,7-10H2,1H3. The maximum absolute atomic E-state index is 11.5. The molecule has 1 amide bonds. The van der Waals surface area contributed by atoms with Crippen LogP contribution in [0.3, 0.4) is 0 Å². The van der Waals surface area contributed by atoms with Gasteiger partial charge in [0.15, 0.2) is 0 Å². The minimum atomic E-state index is -0.488. The number of amides is 1. The Balaban J connectivity index is 1.84. The summed E-state index contributed by atoms with van der Waals surface area (Å²) in [7, 11) is 0. The fraction of sp³-hybridized carbons (Fsp3) is 0.500. The molecule has 0 spiro atoms. The summed E-state index contributed by atoms with van der Waals surface area (Å²) in [6.07, 6.45) is 0.589. The number of aliphatic hydroxyl groups is 1. The molecule has 1 heterocycles. The van der Waals surface area contributed by atoms with E-state index in [1.54, 1.807) is 4.90 Å².